The molecule has 0 aliphatic heterocycles. The molecule has 5 aromatic rings. The highest BCUT2D eigenvalue weighted by molar-refractivity contribution is 6.32. The first-order valence-corrected chi connectivity index (χ1v) is 12.8. The smallest absolute Gasteiger partial charge is 0.343 e. The topological polar surface area (TPSA) is 53.3 Å². The number of para-hydroxylation sites is 3. The molecule has 5 nitrogen and oxygen atoms in total. The Hall–Kier alpha value is -4.35. The molecule has 0 aliphatic rings. The maximum absolute atomic E-state index is 13.1. The maximum Gasteiger partial charge on any atom is 0.343 e. The van der Waals surface area contributed by atoms with Crippen molar-refractivity contribution in [2.24, 2.45) is 0 Å². The van der Waals surface area contributed by atoms with E-state index >= 15 is 0 Å². The van der Waals surface area contributed by atoms with Gasteiger partial charge in [-0.1, -0.05) is 83.4 Å². The monoisotopic (exact) mass is 522 g/mol. The summed E-state index contributed by atoms with van der Waals surface area (Å²) in [5.74, 6) is 1.27. The van der Waals surface area contributed by atoms with Crippen LogP contribution in [0.5, 0.6) is 5.75 Å². The van der Waals surface area contributed by atoms with E-state index in [2.05, 4.69) is 4.57 Å². The van der Waals surface area contributed by atoms with Crippen LogP contribution in [0.2, 0.25) is 5.02 Å². The molecule has 1 aromatic heterocycles. The second kappa shape index (κ2) is 11.4. The lowest BCUT2D eigenvalue weighted by atomic mass is 10.1. The van der Waals surface area contributed by atoms with E-state index < -0.39 is 5.97 Å². The van der Waals surface area contributed by atoms with Gasteiger partial charge < -0.3 is 14.0 Å². The number of carbonyl (C=O) groups is 1. The highest BCUT2D eigenvalue weighted by atomic mass is 35.5. The average Bonchev–Trinajstić information content (AvgIpc) is 3.27. The molecule has 0 N–H and O–H groups in total. The van der Waals surface area contributed by atoms with Crippen molar-refractivity contribution in [2.75, 3.05) is 6.61 Å². The van der Waals surface area contributed by atoms with Crippen LogP contribution in [-0.2, 0) is 11.3 Å². The van der Waals surface area contributed by atoms with Crippen LogP contribution in [0.1, 0.15) is 32.9 Å². The Morgan fingerprint density at radius 3 is 2.18 bits per heavy atom. The van der Waals surface area contributed by atoms with Crippen LogP contribution < -0.4 is 4.74 Å². The van der Waals surface area contributed by atoms with Gasteiger partial charge in [-0.25, -0.2) is 9.78 Å². The van der Waals surface area contributed by atoms with Gasteiger partial charge in [-0.2, -0.15) is 0 Å². The van der Waals surface area contributed by atoms with Crippen LogP contribution in [0, 0.1) is 13.8 Å². The molecule has 38 heavy (non-hydrogen) atoms. The van der Waals surface area contributed by atoms with Crippen molar-refractivity contribution in [1.29, 1.82) is 0 Å². The first-order valence-electron chi connectivity index (χ1n) is 12.4. The van der Waals surface area contributed by atoms with Gasteiger partial charge in [0.05, 0.1) is 28.2 Å². The highest BCUT2D eigenvalue weighted by Crippen LogP contribution is 2.26. The van der Waals surface area contributed by atoms with Crippen LogP contribution >= 0.6 is 11.6 Å². The molecule has 190 valence electrons. The van der Waals surface area contributed by atoms with E-state index in [0.29, 0.717) is 41.1 Å². The Morgan fingerprint density at radius 1 is 0.842 bits per heavy atom. The number of benzene rings is 4. The molecule has 1 heterocycles. The Bertz CT molecular complexity index is 1600. The minimum atomic E-state index is -0.429. The van der Waals surface area contributed by atoms with Crippen LogP contribution in [0.15, 0.2) is 97.1 Å². The number of aromatic nitrogens is 2. The molecule has 0 fully saturated rings. The van der Waals surface area contributed by atoms with E-state index in [-0.39, 0.29) is 0 Å². The van der Waals surface area contributed by atoms with Gasteiger partial charge in [0, 0.05) is 11.6 Å². The molecule has 0 atom stereocenters. The molecule has 6 heteroatoms. The van der Waals surface area contributed by atoms with Gasteiger partial charge in [0.1, 0.15) is 23.9 Å². The van der Waals surface area contributed by atoms with Crippen LogP contribution in [0.4, 0.5) is 0 Å². The van der Waals surface area contributed by atoms with Gasteiger partial charge >= 0.3 is 5.97 Å². The van der Waals surface area contributed by atoms with E-state index in [0.717, 1.165) is 27.7 Å². The summed E-state index contributed by atoms with van der Waals surface area (Å²) in [6.07, 6.45) is 1.81. The summed E-state index contributed by atoms with van der Waals surface area (Å²) in [5, 5.41) is 0.563. The predicted molar refractivity (Wildman–Crippen MR) is 152 cm³/mol. The third kappa shape index (κ3) is 5.79. The standard InChI is InChI=1S/C32H27ClN2O3/c1-22-11-15-24(16-12-22)30(38-32(36)25-17-13-23(2)14-18-25)21-31-34-27-8-4-5-9-28(27)35(31)19-20-37-29-10-6-3-7-26(29)33/h3-18,21H,19-20H2,1-2H3/b30-21-. The zero-order valence-electron chi connectivity index (χ0n) is 21.2. The second-order valence-corrected chi connectivity index (χ2v) is 9.43. The van der Waals surface area contributed by atoms with Gasteiger partial charge in [-0.05, 0) is 50.2 Å². The van der Waals surface area contributed by atoms with Crippen molar-refractivity contribution in [3.63, 3.8) is 0 Å². The summed E-state index contributed by atoms with van der Waals surface area (Å²) < 4.78 is 14.0. The van der Waals surface area contributed by atoms with Gasteiger partial charge in [-0.15, -0.1) is 0 Å². The maximum atomic E-state index is 13.1. The van der Waals surface area contributed by atoms with Gasteiger partial charge in [0.25, 0.3) is 0 Å². The number of fused-ring (bicyclic) bond motifs is 1. The predicted octanol–water partition coefficient (Wildman–Crippen LogP) is 7.74. The number of halogens is 1. The van der Waals surface area contributed by atoms with E-state index in [1.165, 1.54) is 0 Å². The van der Waals surface area contributed by atoms with Crippen molar-refractivity contribution in [2.45, 2.75) is 20.4 Å². The first-order chi connectivity index (χ1) is 18.5. The molecular weight excluding hydrogens is 496 g/mol. The Kier molecular flexibility index (Phi) is 7.57. The lowest BCUT2D eigenvalue weighted by Crippen LogP contribution is -2.10. The minimum Gasteiger partial charge on any atom is -0.490 e. The molecule has 0 bridgehead atoms. The van der Waals surface area contributed by atoms with Crippen molar-refractivity contribution < 1.29 is 14.3 Å². The third-order valence-electron chi connectivity index (χ3n) is 6.18. The number of nitrogens with zero attached hydrogens (tertiary/aromatic N) is 2. The van der Waals surface area contributed by atoms with Crippen LogP contribution in [-0.4, -0.2) is 22.1 Å². The van der Waals surface area contributed by atoms with Gasteiger partial charge in [0.2, 0.25) is 0 Å². The zero-order chi connectivity index (χ0) is 26.5. The normalized spacial score (nSPS) is 11.5. The number of esters is 1. The summed E-state index contributed by atoms with van der Waals surface area (Å²) in [5.41, 5.74) is 5.24. The molecule has 0 saturated heterocycles. The molecule has 4 aromatic carbocycles. The molecule has 0 aliphatic carbocycles. The van der Waals surface area contributed by atoms with E-state index in [1.807, 2.05) is 98.8 Å². The van der Waals surface area contributed by atoms with Crippen molar-refractivity contribution in [3.8, 4) is 5.75 Å². The fraction of sp³-hybridized carbons (Fsp3) is 0.125. The fourth-order valence-corrected chi connectivity index (χ4v) is 4.29. The summed E-state index contributed by atoms with van der Waals surface area (Å²) in [6, 6.07) is 30.5. The van der Waals surface area contributed by atoms with Gasteiger partial charge in [-0.3, -0.25) is 0 Å². The quantitative estimate of drug-likeness (QED) is 0.154. The number of ether oxygens (including phenoxy) is 2. The summed E-state index contributed by atoms with van der Waals surface area (Å²) >= 11 is 6.26. The number of carbonyl (C=O) groups excluding carboxylic acids is 1. The van der Waals surface area contributed by atoms with E-state index in [4.69, 9.17) is 26.1 Å². The van der Waals surface area contributed by atoms with Crippen LogP contribution in [0.25, 0.3) is 22.9 Å². The molecule has 0 unspecified atom stereocenters. The lowest BCUT2D eigenvalue weighted by molar-refractivity contribution is 0.0693. The third-order valence-corrected chi connectivity index (χ3v) is 6.49. The number of aryl methyl sites for hydroxylation is 2. The summed E-state index contributed by atoms with van der Waals surface area (Å²) in [6.45, 7) is 4.90. The zero-order valence-corrected chi connectivity index (χ0v) is 22.0. The number of rotatable bonds is 8. The number of imidazole rings is 1. The van der Waals surface area contributed by atoms with Crippen molar-refractivity contribution >= 4 is 40.4 Å². The molecule has 0 amide bonds. The average molecular weight is 523 g/mol. The number of hydrogen-bond donors (Lipinski definition) is 0. The van der Waals surface area contributed by atoms with Gasteiger partial charge in [0.15, 0.2) is 0 Å². The largest absolute Gasteiger partial charge is 0.490 e. The fourth-order valence-electron chi connectivity index (χ4n) is 4.10. The first kappa shape index (κ1) is 25.3. The van der Waals surface area contributed by atoms with Crippen LogP contribution in [0.3, 0.4) is 0 Å². The summed E-state index contributed by atoms with van der Waals surface area (Å²) in [4.78, 5) is 17.9. The Labute approximate surface area is 226 Å². The van der Waals surface area contributed by atoms with Crippen molar-refractivity contribution in [3.05, 3.63) is 130 Å². The highest BCUT2D eigenvalue weighted by Gasteiger charge is 2.16. The molecule has 0 saturated carbocycles. The Balaban J connectivity index is 1.51. The van der Waals surface area contributed by atoms with Crippen molar-refractivity contribution in [1.82, 2.24) is 9.55 Å². The SMILES string of the molecule is Cc1ccc(C(=O)O/C(=C\c2nc3ccccc3n2CCOc2ccccc2Cl)c2ccc(C)cc2)cc1. The molecule has 5 rings (SSSR count). The lowest BCUT2D eigenvalue weighted by Gasteiger charge is -2.13. The molecule has 0 radical (unpaired) electrons. The summed E-state index contributed by atoms with van der Waals surface area (Å²) in [7, 11) is 0. The van der Waals surface area contributed by atoms with E-state index in [1.54, 1.807) is 18.2 Å². The molecule has 0 spiro atoms. The Morgan fingerprint density at radius 2 is 1.47 bits per heavy atom. The van der Waals surface area contributed by atoms with E-state index in [9.17, 15) is 4.79 Å². The number of hydrogen-bond acceptors (Lipinski definition) is 4. The minimum absolute atomic E-state index is 0.383. The molecular formula is C32H27ClN2O3. The second-order valence-electron chi connectivity index (χ2n) is 9.02.